The van der Waals surface area contributed by atoms with Gasteiger partial charge in [-0.2, -0.15) is 0 Å². The number of hydrogen-bond donors (Lipinski definition) is 0. The number of nitrogens with zero attached hydrogens (tertiary/aromatic N) is 1. The highest BCUT2D eigenvalue weighted by atomic mass is 16.5. The van der Waals surface area contributed by atoms with Gasteiger partial charge in [0.05, 0.1) is 6.61 Å². The maximum absolute atomic E-state index is 13.5. The Labute approximate surface area is 236 Å². The number of rotatable bonds is 14. The first-order valence-electron chi connectivity index (χ1n) is 14.0. The van der Waals surface area contributed by atoms with Crippen LogP contribution in [0, 0.1) is 5.92 Å². The Bertz CT molecular complexity index is 1400. The molecule has 1 heterocycles. The number of ketones is 1. The van der Waals surface area contributed by atoms with E-state index in [2.05, 4.69) is 38.1 Å². The van der Waals surface area contributed by atoms with E-state index in [0.29, 0.717) is 55.4 Å². The number of para-hydroxylation sites is 1. The lowest BCUT2D eigenvalue weighted by atomic mass is 10.0. The summed E-state index contributed by atoms with van der Waals surface area (Å²) < 4.78 is 18.8. The zero-order valence-electron chi connectivity index (χ0n) is 23.9. The summed E-state index contributed by atoms with van der Waals surface area (Å²) in [7, 11) is 1.69. The Kier molecular flexibility index (Phi) is 10.1. The molecule has 6 nitrogen and oxygen atoms in total. The van der Waals surface area contributed by atoms with Crippen LogP contribution in [0.2, 0.25) is 0 Å². The molecule has 0 fully saturated rings. The van der Waals surface area contributed by atoms with E-state index in [1.54, 1.807) is 26.2 Å². The van der Waals surface area contributed by atoms with Gasteiger partial charge in [-0.3, -0.25) is 9.59 Å². The van der Waals surface area contributed by atoms with Gasteiger partial charge in [0.25, 0.3) is 0 Å². The largest absolute Gasteiger partial charge is 0.491 e. The van der Waals surface area contributed by atoms with Gasteiger partial charge in [0.15, 0.2) is 5.78 Å². The number of hydrogen-bond acceptors (Lipinski definition) is 5. The van der Waals surface area contributed by atoms with Gasteiger partial charge >= 0.3 is 5.97 Å². The Hall–Kier alpha value is -3.90. The normalized spacial score (nSPS) is 12.0. The molecule has 1 atom stereocenters. The fourth-order valence-corrected chi connectivity index (χ4v) is 4.91. The van der Waals surface area contributed by atoms with Gasteiger partial charge in [0.1, 0.15) is 18.5 Å². The van der Waals surface area contributed by atoms with Gasteiger partial charge in [-0.05, 0) is 67.1 Å². The van der Waals surface area contributed by atoms with Crippen LogP contribution in [-0.2, 0) is 27.2 Å². The van der Waals surface area contributed by atoms with Gasteiger partial charge in [-0.25, -0.2) is 0 Å². The molecule has 6 heteroatoms. The van der Waals surface area contributed by atoms with E-state index in [9.17, 15) is 9.59 Å². The molecular formula is C34H39NO5. The van der Waals surface area contributed by atoms with Crippen molar-refractivity contribution in [3.8, 4) is 5.75 Å². The van der Waals surface area contributed by atoms with Crippen molar-refractivity contribution in [2.45, 2.75) is 52.7 Å². The second kappa shape index (κ2) is 13.9. The minimum Gasteiger partial charge on any atom is -0.491 e. The Morgan fingerprint density at radius 3 is 2.33 bits per heavy atom. The van der Waals surface area contributed by atoms with Crippen LogP contribution < -0.4 is 4.74 Å². The monoisotopic (exact) mass is 541 g/mol. The summed E-state index contributed by atoms with van der Waals surface area (Å²) in [5.41, 5.74) is 4.58. The maximum atomic E-state index is 13.5. The number of esters is 1. The summed E-state index contributed by atoms with van der Waals surface area (Å²) in [5.74, 6) is 1.04. The molecule has 0 bridgehead atoms. The number of benzene rings is 3. The second-order valence-electron chi connectivity index (χ2n) is 10.4. The van der Waals surface area contributed by atoms with Crippen molar-refractivity contribution in [1.29, 1.82) is 0 Å². The lowest BCUT2D eigenvalue weighted by molar-refractivity contribution is -0.143. The summed E-state index contributed by atoms with van der Waals surface area (Å²) in [5, 5.41) is 0.895. The maximum Gasteiger partial charge on any atom is 0.305 e. The van der Waals surface area contributed by atoms with Crippen LogP contribution in [0.4, 0.5) is 0 Å². The summed E-state index contributed by atoms with van der Waals surface area (Å²) in [6, 6.07) is 23.6. The first-order valence-corrected chi connectivity index (χ1v) is 14.0. The quantitative estimate of drug-likeness (QED) is 0.125. The number of ether oxygens (including phenoxy) is 3. The van der Waals surface area contributed by atoms with Crippen molar-refractivity contribution in [1.82, 2.24) is 4.57 Å². The molecule has 4 rings (SSSR count). The Morgan fingerprint density at radius 1 is 0.925 bits per heavy atom. The zero-order chi connectivity index (χ0) is 28.5. The van der Waals surface area contributed by atoms with Crippen molar-refractivity contribution in [2.75, 3.05) is 20.3 Å². The number of aryl methyl sites for hydroxylation is 1. The first-order chi connectivity index (χ1) is 19.4. The minimum atomic E-state index is -0.200. The molecule has 1 unspecified atom stereocenters. The van der Waals surface area contributed by atoms with Crippen LogP contribution in [-0.4, -0.2) is 36.6 Å². The lowest BCUT2D eigenvalue weighted by Gasteiger charge is -2.17. The highest BCUT2D eigenvalue weighted by Crippen LogP contribution is 2.26. The minimum absolute atomic E-state index is 0.0526. The predicted octanol–water partition coefficient (Wildman–Crippen LogP) is 7.18. The van der Waals surface area contributed by atoms with Crippen LogP contribution in [0.5, 0.6) is 5.75 Å². The summed E-state index contributed by atoms with van der Waals surface area (Å²) >= 11 is 0. The summed E-state index contributed by atoms with van der Waals surface area (Å²) in [6.45, 7) is 7.61. The highest BCUT2D eigenvalue weighted by molar-refractivity contribution is 6.16. The van der Waals surface area contributed by atoms with Gasteiger partial charge in [-0.1, -0.05) is 56.3 Å². The molecule has 0 aliphatic heterocycles. The third-order valence-corrected chi connectivity index (χ3v) is 6.92. The predicted molar refractivity (Wildman–Crippen MR) is 158 cm³/mol. The van der Waals surface area contributed by atoms with E-state index < -0.39 is 0 Å². The van der Waals surface area contributed by atoms with E-state index >= 15 is 0 Å². The van der Waals surface area contributed by atoms with Crippen molar-refractivity contribution < 1.29 is 23.8 Å². The van der Waals surface area contributed by atoms with Crippen LogP contribution in [0.3, 0.4) is 0 Å². The lowest BCUT2D eigenvalue weighted by Crippen LogP contribution is -2.12. The van der Waals surface area contributed by atoms with Gasteiger partial charge in [-0.15, -0.1) is 0 Å². The van der Waals surface area contributed by atoms with E-state index in [1.165, 1.54) is 5.56 Å². The number of fused-ring (bicyclic) bond motifs is 1. The molecule has 0 aliphatic carbocycles. The van der Waals surface area contributed by atoms with Crippen LogP contribution in [0.1, 0.15) is 66.8 Å². The molecule has 40 heavy (non-hydrogen) atoms. The van der Waals surface area contributed by atoms with E-state index in [1.807, 2.05) is 47.2 Å². The molecule has 0 amide bonds. The molecule has 0 saturated heterocycles. The SMILES string of the molecule is CCOC(=O)CCCn1cc(C(=O)c2ccc(OCC(OC)c3ccc(CC(C)C)cc3)cc2)c2ccccc21. The smallest absolute Gasteiger partial charge is 0.305 e. The highest BCUT2D eigenvalue weighted by Gasteiger charge is 2.18. The van der Waals surface area contributed by atoms with Gasteiger partial charge in [0.2, 0.25) is 0 Å². The summed E-state index contributed by atoms with van der Waals surface area (Å²) in [4.78, 5) is 25.2. The molecular weight excluding hydrogens is 502 g/mol. The Balaban J connectivity index is 1.41. The Morgan fingerprint density at radius 2 is 1.65 bits per heavy atom. The first kappa shape index (κ1) is 29.1. The average molecular weight is 542 g/mol. The molecule has 0 spiro atoms. The molecule has 0 radical (unpaired) electrons. The van der Waals surface area contributed by atoms with Gasteiger partial charge < -0.3 is 18.8 Å². The fraction of sp³-hybridized carbons (Fsp3) is 0.353. The molecule has 210 valence electrons. The van der Waals surface area contributed by atoms with Crippen molar-refractivity contribution in [3.63, 3.8) is 0 Å². The zero-order valence-corrected chi connectivity index (χ0v) is 23.9. The number of carbonyl (C=O) groups is 2. The molecule has 0 N–H and O–H groups in total. The molecule has 0 saturated carbocycles. The van der Waals surface area contributed by atoms with Crippen molar-refractivity contribution >= 4 is 22.7 Å². The fourth-order valence-electron chi connectivity index (χ4n) is 4.91. The van der Waals surface area contributed by atoms with Gasteiger partial charge in [0, 0.05) is 48.3 Å². The topological polar surface area (TPSA) is 66.8 Å². The average Bonchev–Trinajstić information content (AvgIpc) is 3.32. The third kappa shape index (κ3) is 7.39. The van der Waals surface area contributed by atoms with Crippen LogP contribution >= 0.6 is 0 Å². The summed E-state index contributed by atoms with van der Waals surface area (Å²) in [6.07, 6.45) is 3.73. The van der Waals surface area contributed by atoms with E-state index in [0.717, 1.165) is 22.9 Å². The number of aromatic nitrogens is 1. The third-order valence-electron chi connectivity index (χ3n) is 6.92. The van der Waals surface area contributed by atoms with Crippen LogP contribution in [0.15, 0.2) is 79.0 Å². The number of methoxy groups -OCH3 is 1. The molecule has 0 aliphatic rings. The molecule has 1 aromatic heterocycles. The standard InChI is InChI=1S/C34H39NO5/c1-5-39-33(36)11-8-20-35-22-30(29-9-6-7-10-31(29)35)34(37)27-16-18-28(19-17-27)40-23-32(38-4)26-14-12-25(13-15-26)21-24(2)3/h6-7,9-10,12-19,22,24,32H,5,8,11,20-21,23H2,1-4H3. The van der Waals surface area contributed by atoms with Crippen molar-refractivity contribution in [3.05, 3.63) is 101 Å². The van der Waals surface area contributed by atoms with E-state index in [-0.39, 0.29) is 17.9 Å². The van der Waals surface area contributed by atoms with Crippen molar-refractivity contribution in [2.24, 2.45) is 5.92 Å². The molecule has 4 aromatic rings. The number of carbonyl (C=O) groups excluding carboxylic acids is 2. The molecule has 3 aromatic carbocycles. The van der Waals surface area contributed by atoms with Crippen LogP contribution in [0.25, 0.3) is 10.9 Å². The second-order valence-corrected chi connectivity index (χ2v) is 10.4. The van der Waals surface area contributed by atoms with E-state index in [4.69, 9.17) is 14.2 Å².